The molecule has 0 saturated carbocycles. The third-order valence-electron chi connectivity index (χ3n) is 3.74. The number of carbonyl (C=O) groups is 2. The third kappa shape index (κ3) is 7.26. The van der Waals surface area contributed by atoms with Gasteiger partial charge >= 0.3 is 0 Å². The molecule has 3 aromatic rings. The van der Waals surface area contributed by atoms with E-state index in [2.05, 4.69) is 26.1 Å². The minimum Gasteiger partial charge on any atom is -0.356 e. The van der Waals surface area contributed by atoms with Crippen molar-refractivity contribution in [3.63, 3.8) is 0 Å². The fraction of sp³-hybridized carbons (Fsp3) is 0.158. The monoisotopic (exact) mass is 467 g/mol. The Labute approximate surface area is 183 Å². The molecule has 12 heteroatoms. The molecule has 31 heavy (non-hydrogen) atoms. The molecule has 7 nitrogen and oxygen atoms in total. The zero-order valence-corrected chi connectivity index (χ0v) is 17.5. The Morgan fingerprint density at radius 2 is 1.74 bits per heavy atom. The van der Waals surface area contributed by atoms with Gasteiger partial charge in [-0.25, -0.2) is 13.2 Å². The SMILES string of the molecule is O=C(CSc1nnc(NCc2ccc(F)cc2)s1)NCC(=O)Nc1ccc(F)c(F)c1. The van der Waals surface area contributed by atoms with Gasteiger partial charge in [-0.05, 0) is 29.8 Å². The Morgan fingerprint density at radius 1 is 0.968 bits per heavy atom. The van der Waals surface area contributed by atoms with Crippen LogP contribution in [0.5, 0.6) is 0 Å². The topological polar surface area (TPSA) is 96.0 Å². The van der Waals surface area contributed by atoms with Gasteiger partial charge in [-0.15, -0.1) is 10.2 Å². The minimum atomic E-state index is -1.08. The predicted molar refractivity (Wildman–Crippen MR) is 112 cm³/mol. The first-order valence-electron chi connectivity index (χ1n) is 8.85. The summed E-state index contributed by atoms with van der Waals surface area (Å²) in [5, 5.41) is 16.3. The van der Waals surface area contributed by atoms with E-state index in [4.69, 9.17) is 0 Å². The van der Waals surface area contributed by atoms with E-state index >= 15 is 0 Å². The maximum absolute atomic E-state index is 13.1. The number of benzene rings is 2. The van der Waals surface area contributed by atoms with E-state index in [9.17, 15) is 22.8 Å². The first kappa shape index (κ1) is 22.6. The molecule has 0 bridgehead atoms. The first-order chi connectivity index (χ1) is 14.9. The van der Waals surface area contributed by atoms with Crippen molar-refractivity contribution < 1.29 is 22.8 Å². The normalized spacial score (nSPS) is 10.5. The molecule has 0 fully saturated rings. The van der Waals surface area contributed by atoms with Crippen molar-refractivity contribution in [3.05, 3.63) is 65.5 Å². The molecule has 1 aromatic heterocycles. The molecule has 2 amide bonds. The van der Waals surface area contributed by atoms with Crippen molar-refractivity contribution >= 4 is 45.7 Å². The summed E-state index contributed by atoms with van der Waals surface area (Å²) in [6, 6.07) is 9.01. The number of nitrogens with zero attached hydrogens (tertiary/aromatic N) is 2. The highest BCUT2D eigenvalue weighted by molar-refractivity contribution is 8.01. The van der Waals surface area contributed by atoms with Crippen LogP contribution in [0.15, 0.2) is 46.8 Å². The lowest BCUT2D eigenvalue weighted by atomic mass is 10.2. The Bertz CT molecular complexity index is 1060. The Balaban J connectivity index is 1.37. The summed E-state index contributed by atoms with van der Waals surface area (Å²) in [5.74, 6) is -3.37. The van der Waals surface area contributed by atoms with Crippen LogP contribution in [0.1, 0.15) is 5.56 Å². The van der Waals surface area contributed by atoms with Gasteiger partial charge in [0.05, 0.1) is 12.3 Å². The average molecular weight is 467 g/mol. The quantitative estimate of drug-likeness (QED) is 0.418. The number of anilines is 2. The van der Waals surface area contributed by atoms with Gasteiger partial charge in [0.2, 0.25) is 16.9 Å². The van der Waals surface area contributed by atoms with E-state index in [0.29, 0.717) is 16.0 Å². The molecule has 0 aliphatic rings. The van der Waals surface area contributed by atoms with Gasteiger partial charge in [0, 0.05) is 18.3 Å². The molecular weight excluding hydrogens is 451 g/mol. The summed E-state index contributed by atoms with van der Waals surface area (Å²) >= 11 is 2.41. The Hall–Kier alpha value is -3.12. The van der Waals surface area contributed by atoms with E-state index in [1.54, 1.807) is 12.1 Å². The van der Waals surface area contributed by atoms with Gasteiger partial charge < -0.3 is 16.0 Å². The number of amides is 2. The van der Waals surface area contributed by atoms with E-state index in [1.807, 2.05) is 0 Å². The van der Waals surface area contributed by atoms with Crippen LogP contribution in [0.2, 0.25) is 0 Å². The van der Waals surface area contributed by atoms with Gasteiger partial charge in [-0.1, -0.05) is 35.2 Å². The third-order valence-corrected chi connectivity index (χ3v) is 5.75. The number of aromatic nitrogens is 2. The molecule has 1 heterocycles. The van der Waals surface area contributed by atoms with Crippen molar-refractivity contribution in [2.75, 3.05) is 22.9 Å². The highest BCUT2D eigenvalue weighted by Gasteiger charge is 2.11. The molecule has 0 aliphatic carbocycles. The van der Waals surface area contributed by atoms with Crippen LogP contribution >= 0.6 is 23.1 Å². The molecule has 0 unspecified atom stereocenters. The van der Waals surface area contributed by atoms with Crippen LogP contribution in [0.4, 0.5) is 24.0 Å². The van der Waals surface area contributed by atoms with Gasteiger partial charge in [0.1, 0.15) is 5.82 Å². The largest absolute Gasteiger partial charge is 0.356 e. The van der Waals surface area contributed by atoms with E-state index < -0.39 is 23.4 Å². The van der Waals surface area contributed by atoms with Gasteiger partial charge in [0.15, 0.2) is 16.0 Å². The maximum atomic E-state index is 13.1. The standard InChI is InChI=1S/C19H16F3N5O2S2/c20-12-3-1-11(2-4-12)8-24-18-26-27-19(31-18)30-10-17(29)23-9-16(28)25-13-5-6-14(21)15(22)7-13/h1-7H,8-10H2,(H,23,29)(H,24,26)(H,25,28). The van der Waals surface area contributed by atoms with E-state index in [-0.39, 0.29) is 23.8 Å². The van der Waals surface area contributed by atoms with Crippen molar-refractivity contribution in [1.29, 1.82) is 0 Å². The van der Waals surface area contributed by atoms with Crippen LogP contribution in [-0.2, 0) is 16.1 Å². The number of thioether (sulfide) groups is 1. The summed E-state index contributed by atoms with van der Waals surface area (Å²) in [6.45, 7) is 0.131. The molecule has 3 N–H and O–H groups in total. The Morgan fingerprint density at radius 3 is 2.48 bits per heavy atom. The average Bonchev–Trinajstić information content (AvgIpc) is 3.21. The lowest BCUT2D eigenvalue weighted by Crippen LogP contribution is -2.33. The lowest BCUT2D eigenvalue weighted by molar-refractivity contribution is -0.122. The maximum Gasteiger partial charge on any atom is 0.243 e. The second-order valence-corrected chi connectivity index (χ2v) is 8.30. The van der Waals surface area contributed by atoms with Crippen molar-refractivity contribution in [2.45, 2.75) is 10.9 Å². The minimum absolute atomic E-state index is 0.0189. The molecule has 0 atom stereocenters. The number of rotatable bonds is 9. The summed E-state index contributed by atoms with van der Waals surface area (Å²) in [4.78, 5) is 23.7. The number of hydrogen-bond acceptors (Lipinski definition) is 7. The molecule has 2 aromatic carbocycles. The molecule has 3 rings (SSSR count). The summed E-state index contributed by atoms with van der Waals surface area (Å²) < 4.78 is 39.5. The summed E-state index contributed by atoms with van der Waals surface area (Å²) in [5.41, 5.74) is 0.967. The zero-order valence-electron chi connectivity index (χ0n) is 15.8. The van der Waals surface area contributed by atoms with Crippen LogP contribution in [-0.4, -0.2) is 34.3 Å². The van der Waals surface area contributed by atoms with Crippen LogP contribution < -0.4 is 16.0 Å². The highest BCUT2D eigenvalue weighted by atomic mass is 32.2. The molecule has 162 valence electrons. The van der Waals surface area contributed by atoms with Crippen LogP contribution in [0, 0.1) is 17.5 Å². The molecule has 0 aliphatic heterocycles. The molecule has 0 saturated heterocycles. The van der Waals surface area contributed by atoms with Gasteiger partial charge in [-0.3, -0.25) is 9.59 Å². The molecular formula is C19H16F3N5O2S2. The van der Waals surface area contributed by atoms with Crippen LogP contribution in [0.3, 0.4) is 0 Å². The lowest BCUT2D eigenvalue weighted by Gasteiger charge is -2.07. The number of halogens is 3. The highest BCUT2D eigenvalue weighted by Crippen LogP contribution is 2.25. The van der Waals surface area contributed by atoms with Crippen molar-refractivity contribution in [3.8, 4) is 0 Å². The summed E-state index contributed by atoms with van der Waals surface area (Å²) in [7, 11) is 0. The number of nitrogens with one attached hydrogen (secondary N) is 3. The number of carbonyl (C=O) groups excluding carboxylic acids is 2. The van der Waals surface area contributed by atoms with Crippen LogP contribution in [0.25, 0.3) is 0 Å². The van der Waals surface area contributed by atoms with Gasteiger partial charge in [-0.2, -0.15) is 0 Å². The first-order valence-corrected chi connectivity index (χ1v) is 10.7. The predicted octanol–water partition coefficient (Wildman–Crippen LogP) is 3.41. The Kier molecular flexibility index (Phi) is 7.84. The second kappa shape index (κ2) is 10.8. The summed E-state index contributed by atoms with van der Waals surface area (Å²) in [6.07, 6.45) is 0. The van der Waals surface area contributed by atoms with Crippen molar-refractivity contribution in [2.24, 2.45) is 0 Å². The van der Waals surface area contributed by atoms with Crippen molar-refractivity contribution in [1.82, 2.24) is 15.5 Å². The molecule has 0 spiro atoms. The fourth-order valence-corrected chi connectivity index (χ4v) is 3.83. The van der Waals surface area contributed by atoms with E-state index in [0.717, 1.165) is 29.5 Å². The van der Waals surface area contributed by atoms with Gasteiger partial charge in [0.25, 0.3) is 0 Å². The van der Waals surface area contributed by atoms with E-state index in [1.165, 1.54) is 29.5 Å². The fourth-order valence-electron chi connectivity index (χ4n) is 2.26. The second-order valence-electron chi connectivity index (χ2n) is 6.10. The smallest absolute Gasteiger partial charge is 0.243 e. The zero-order chi connectivity index (χ0) is 22.2. The number of hydrogen-bond donors (Lipinski definition) is 3. The molecule has 0 radical (unpaired) electrons.